The molecular weight excluding hydrogens is 214 g/mol. The van der Waals surface area contributed by atoms with Crippen LogP contribution in [0, 0.1) is 0 Å². The molecule has 0 bridgehead atoms. The van der Waals surface area contributed by atoms with E-state index in [1.54, 1.807) is 0 Å². The predicted octanol–water partition coefficient (Wildman–Crippen LogP) is -2.18. The number of methoxy groups -OCH3 is 1. The molecule has 6 nitrogen and oxygen atoms in total. The first-order valence-electron chi connectivity index (χ1n) is 4.02. The number of halogens is 1. The number of hydrogen-bond acceptors (Lipinski definition) is 6. The summed E-state index contributed by atoms with van der Waals surface area (Å²) < 4.78 is 9.81. The number of nitrogens with two attached hydrogens (primary N) is 1. The fourth-order valence-corrected chi connectivity index (χ4v) is 1.31. The highest BCUT2D eigenvalue weighted by atomic mass is 35.5. The average Bonchev–Trinajstić information content (AvgIpc) is 2.15. The van der Waals surface area contributed by atoms with E-state index in [0.717, 1.165) is 0 Å². The molecule has 1 aliphatic rings. The summed E-state index contributed by atoms with van der Waals surface area (Å²) in [6.45, 7) is -0.360. The van der Waals surface area contributed by atoms with Gasteiger partial charge >= 0.3 is 0 Å². The zero-order valence-corrected chi connectivity index (χ0v) is 8.55. The highest BCUT2D eigenvalue weighted by molar-refractivity contribution is 5.85. The van der Waals surface area contributed by atoms with Crippen molar-refractivity contribution in [3.63, 3.8) is 0 Å². The Morgan fingerprint density at radius 1 is 1.36 bits per heavy atom. The summed E-state index contributed by atoms with van der Waals surface area (Å²) in [4.78, 5) is 0. The van der Waals surface area contributed by atoms with E-state index in [-0.39, 0.29) is 19.0 Å². The fraction of sp³-hybridized carbons (Fsp3) is 1.00. The SMILES string of the molecule is COC1OC(CO)C(O)C(N)C1O.Cl. The molecule has 0 aliphatic carbocycles. The minimum Gasteiger partial charge on any atom is -0.394 e. The van der Waals surface area contributed by atoms with Crippen molar-refractivity contribution in [2.75, 3.05) is 13.7 Å². The standard InChI is InChI=1S/C7H15NO5.ClH/c1-12-7-6(11)4(8)5(10)3(2-9)13-7;/h3-7,9-11H,2,8H2,1H3;1H. The second-order valence-corrected chi connectivity index (χ2v) is 3.02. The van der Waals surface area contributed by atoms with E-state index in [9.17, 15) is 10.2 Å². The topological polar surface area (TPSA) is 105 Å². The van der Waals surface area contributed by atoms with Crippen molar-refractivity contribution >= 4 is 12.4 Å². The van der Waals surface area contributed by atoms with Gasteiger partial charge in [0, 0.05) is 7.11 Å². The summed E-state index contributed by atoms with van der Waals surface area (Å²) in [7, 11) is 1.35. The zero-order valence-electron chi connectivity index (χ0n) is 7.74. The van der Waals surface area contributed by atoms with Gasteiger partial charge in [-0.15, -0.1) is 12.4 Å². The maximum atomic E-state index is 9.40. The summed E-state index contributed by atoms with van der Waals surface area (Å²) in [5.74, 6) is 0. The zero-order chi connectivity index (χ0) is 10.0. The van der Waals surface area contributed by atoms with E-state index >= 15 is 0 Å². The fourth-order valence-electron chi connectivity index (χ4n) is 1.31. The van der Waals surface area contributed by atoms with Crippen molar-refractivity contribution in [3.8, 4) is 0 Å². The van der Waals surface area contributed by atoms with E-state index in [1.807, 2.05) is 0 Å². The Kier molecular flexibility index (Phi) is 5.84. The molecule has 5 atom stereocenters. The Balaban J connectivity index is 0.00000169. The van der Waals surface area contributed by atoms with Gasteiger partial charge in [0.15, 0.2) is 6.29 Å². The van der Waals surface area contributed by atoms with E-state index < -0.39 is 30.6 Å². The molecule has 14 heavy (non-hydrogen) atoms. The Bertz CT molecular complexity index is 152. The molecule has 1 heterocycles. The summed E-state index contributed by atoms with van der Waals surface area (Å²) in [6, 6.07) is -0.865. The number of aliphatic hydroxyl groups is 3. The van der Waals surface area contributed by atoms with Crippen molar-refractivity contribution in [3.05, 3.63) is 0 Å². The van der Waals surface area contributed by atoms with Crippen molar-refractivity contribution in [2.24, 2.45) is 5.73 Å². The third kappa shape index (κ3) is 2.54. The van der Waals surface area contributed by atoms with E-state index in [1.165, 1.54) is 7.11 Å². The van der Waals surface area contributed by atoms with Gasteiger partial charge in [-0.3, -0.25) is 0 Å². The number of hydrogen-bond donors (Lipinski definition) is 4. The van der Waals surface area contributed by atoms with Crippen molar-refractivity contribution in [1.29, 1.82) is 0 Å². The lowest BCUT2D eigenvalue weighted by atomic mass is 9.97. The third-order valence-corrected chi connectivity index (χ3v) is 2.17. The first-order valence-corrected chi connectivity index (χ1v) is 4.02. The van der Waals surface area contributed by atoms with Crippen LogP contribution >= 0.6 is 12.4 Å². The lowest BCUT2D eigenvalue weighted by Crippen LogP contribution is -2.62. The Morgan fingerprint density at radius 3 is 2.36 bits per heavy atom. The van der Waals surface area contributed by atoms with E-state index in [0.29, 0.717) is 0 Å². The van der Waals surface area contributed by atoms with Gasteiger partial charge in [0.05, 0.1) is 12.6 Å². The second-order valence-electron chi connectivity index (χ2n) is 3.02. The largest absolute Gasteiger partial charge is 0.394 e. The average molecular weight is 230 g/mol. The van der Waals surface area contributed by atoms with Gasteiger partial charge in [-0.2, -0.15) is 0 Å². The number of rotatable bonds is 2. The molecule has 1 saturated heterocycles. The number of ether oxygens (including phenoxy) is 2. The molecule has 0 saturated carbocycles. The number of aliphatic hydroxyl groups excluding tert-OH is 3. The first kappa shape index (κ1) is 14.1. The van der Waals surface area contributed by atoms with Gasteiger partial charge in [0.1, 0.15) is 18.3 Å². The third-order valence-electron chi connectivity index (χ3n) is 2.17. The van der Waals surface area contributed by atoms with Gasteiger partial charge in [-0.25, -0.2) is 0 Å². The molecule has 1 fully saturated rings. The van der Waals surface area contributed by atoms with Crippen LogP contribution in [0.5, 0.6) is 0 Å². The Hall–Kier alpha value is 0.0500. The maximum absolute atomic E-state index is 9.40. The maximum Gasteiger partial charge on any atom is 0.185 e. The highest BCUT2D eigenvalue weighted by Crippen LogP contribution is 2.19. The van der Waals surface area contributed by atoms with Gasteiger partial charge in [-0.05, 0) is 0 Å². The predicted molar refractivity (Wildman–Crippen MR) is 50.0 cm³/mol. The van der Waals surface area contributed by atoms with Crippen LogP contribution in [0.15, 0.2) is 0 Å². The molecule has 0 amide bonds. The Labute approximate surface area is 88.0 Å². The van der Waals surface area contributed by atoms with Gasteiger partial charge in [0.2, 0.25) is 0 Å². The molecule has 5 unspecified atom stereocenters. The molecule has 1 rings (SSSR count). The molecule has 5 N–H and O–H groups in total. The van der Waals surface area contributed by atoms with Crippen LogP contribution < -0.4 is 5.73 Å². The normalized spacial score (nSPS) is 43.1. The summed E-state index contributed by atoms with van der Waals surface area (Å²) in [5.41, 5.74) is 5.48. The molecule has 0 radical (unpaired) electrons. The van der Waals surface area contributed by atoms with Crippen LogP contribution in [-0.2, 0) is 9.47 Å². The monoisotopic (exact) mass is 229 g/mol. The van der Waals surface area contributed by atoms with Crippen molar-refractivity contribution in [2.45, 2.75) is 30.6 Å². The lowest BCUT2D eigenvalue weighted by molar-refractivity contribution is -0.267. The smallest absolute Gasteiger partial charge is 0.185 e. The molecule has 0 aromatic rings. The molecule has 0 spiro atoms. The molecule has 0 aromatic carbocycles. The first-order chi connectivity index (χ1) is 6.11. The van der Waals surface area contributed by atoms with Crippen molar-refractivity contribution in [1.82, 2.24) is 0 Å². The van der Waals surface area contributed by atoms with E-state index in [2.05, 4.69) is 0 Å². The van der Waals surface area contributed by atoms with Gasteiger partial charge in [0.25, 0.3) is 0 Å². The van der Waals surface area contributed by atoms with Gasteiger partial charge < -0.3 is 30.5 Å². The lowest BCUT2D eigenvalue weighted by Gasteiger charge is -2.39. The van der Waals surface area contributed by atoms with Crippen LogP contribution in [0.4, 0.5) is 0 Å². The molecule has 86 valence electrons. The molecule has 0 aromatic heterocycles. The van der Waals surface area contributed by atoms with Gasteiger partial charge in [-0.1, -0.05) is 0 Å². The van der Waals surface area contributed by atoms with Crippen LogP contribution in [0.25, 0.3) is 0 Å². The quantitative estimate of drug-likeness (QED) is 0.429. The molecular formula is C7H16ClNO5. The second kappa shape index (κ2) is 5.82. The summed E-state index contributed by atoms with van der Waals surface area (Å²) >= 11 is 0. The minimum absolute atomic E-state index is 0. The molecule has 1 aliphatic heterocycles. The van der Waals surface area contributed by atoms with Crippen LogP contribution in [-0.4, -0.2) is 59.7 Å². The van der Waals surface area contributed by atoms with Crippen LogP contribution in [0.3, 0.4) is 0 Å². The minimum atomic E-state index is -1.08. The summed E-state index contributed by atoms with van der Waals surface area (Å²) in [5, 5.41) is 27.6. The summed E-state index contributed by atoms with van der Waals surface area (Å²) in [6.07, 6.45) is -3.85. The highest BCUT2D eigenvalue weighted by Gasteiger charge is 2.42. The van der Waals surface area contributed by atoms with E-state index in [4.69, 9.17) is 20.3 Å². The Morgan fingerprint density at radius 2 is 1.93 bits per heavy atom. The van der Waals surface area contributed by atoms with Crippen LogP contribution in [0.2, 0.25) is 0 Å². The van der Waals surface area contributed by atoms with Crippen LogP contribution in [0.1, 0.15) is 0 Å². The molecule has 7 heteroatoms. The van der Waals surface area contributed by atoms with Crippen molar-refractivity contribution < 1.29 is 24.8 Å².